The third kappa shape index (κ3) is 4.88. The molecule has 1 aromatic heterocycles. The monoisotopic (exact) mass is 536 g/mol. The summed E-state index contributed by atoms with van der Waals surface area (Å²) in [6.07, 6.45) is 0. The van der Waals surface area contributed by atoms with Gasteiger partial charge in [-0.15, -0.1) is 0 Å². The van der Waals surface area contributed by atoms with Crippen molar-refractivity contribution in [2.24, 2.45) is 7.05 Å². The molecule has 0 aliphatic heterocycles. The predicted octanol–water partition coefficient (Wildman–Crippen LogP) is 3.58. The lowest BCUT2D eigenvalue weighted by molar-refractivity contribution is 0.102. The largest absolute Gasteiger partial charge is 0.497 e. The number of ether oxygens (including phenoxy) is 2. The zero-order valence-corrected chi connectivity index (χ0v) is 22.4. The summed E-state index contributed by atoms with van der Waals surface area (Å²) in [6, 6.07) is 19.5. The van der Waals surface area contributed by atoms with Crippen molar-refractivity contribution in [2.75, 3.05) is 30.9 Å². The summed E-state index contributed by atoms with van der Waals surface area (Å²) in [6.45, 7) is 1.68. The van der Waals surface area contributed by atoms with E-state index in [0.29, 0.717) is 28.6 Å². The lowest BCUT2D eigenvalue weighted by Gasteiger charge is -2.18. The zero-order valence-electron chi connectivity index (χ0n) is 21.6. The predicted molar refractivity (Wildman–Crippen MR) is 145 cm³/mol. The number of para-hydroxylation sites is 1. The number of benzene rings is 3. The first-order valence-corrected chi connectivity index (χ1v) is 13.0. The second kappa shape index (κ2) is 10.5. The molecule has 1 amide bonds. The van der Waals surface area contributed by atoms with E-state index in [-0.39, 0.29) is 16.1 Å². The van der Waals surface area contributed by atoms with Crippen LogP contribution >= 0.6 is 0 Å². The maximum atomic E-state index is 13.6. The van der Waals surface area contributed by atoms with Gasteiger partial charge in [-0.3, -0.25) is 18.6 Å². The van der Waals surface area contributed by atoms with Crippen LogP contribution < -0.4 is 24.7 Å². The Morgan fingerprint density at radius 1 is 0.921 bits per heavy atom. The Balaban J connectivity index is 1.67. The minimum atomic E-state index is -4.19. The van der Waals surface area contributed by atoms with Crippen LogP contribution in [0, 0.1) is 6.92 Å². The molecule has 0 unspecified atom stereocenters. The second-order valence-electron chi connectivity index (χ2n) is 8.47. The Hall–Kier alpha value is -4.51. The maximum Gasteiger partial charge on any atom is 0.296 e. The van der Waals surface area contributed by atoms with Crippen molar-refractivity contribution in [3.63, 3.8) is 0 Å². The third-order valence-corrected chi connectivity index (χ3v) is 7.96. The van der Waals surface area contributed by atoms with Crippen molar-refractivity contribution in [1.82, 2.24) is 9.36 Å². The molecule has 0 radical (unpaired) electrons. The molecule has 0 fully saturated rings. The lowest BCUT2D eigenvalue weighted by Crippen LogP contribution is -2.32. The van der Waals surface area contributed by atoms with Crippen LogP contribution in [0.15, 0.2) is 82.5 Å². The van der Waals surface area contributed by atoms with Gasteiger partial charge in [0.05, 0.1) is 30.5 Å². The van der Waals surface area contributed by atoms with Crippen LogP contribution in [0.1, 0.15) is 16.1 Å². The van der Waals surface area contributed by atoms with Crippen LogP contribution in [0.5, 0.6) is 11.5 Å². The number of sulfonamides is 1. The van der Waals surface area contributed by atoms with Crippen LogP contribution in [0.4, 0.5) is 11.4 Å². The zero-order chi connectivity index (χ0) is 27.6. The summed E-state index contributed by atoms with van der Waals surface area (Å²) in [5.74, 6) is 0.441. The van der Waals surface area contributed by atoms with E-state index in [1.165, 1.54) is 50.2 Å². The standard InChI is InChI=1S/C27H28N4O6S/c1-18-25(27(33)31(29(18)2)21-11-7-6-8-12-21)30(3)38(34,35)24-13-9-10-19(14-24)26(32)28-20-15-22(36-4)17-23(16-20)37-5/h6-17H,1-5H3,(H,28,32). The first-order chi connectivity index (χ1) is 18.1. The molecule has 10 nitrogen and oxygen atoms in total. The Labute approximate surface area is 220 Å². The summed E-state index contributed by atoms with van der Waals surface area (Å²) in [5, 5.41) is 2.73. The molecule has 38 heavy (non-hydrogen) atoms. The molecule has 0 spiro atoms. The van der Waals surface area contributed by atoms with Crippen molar-refractivity contribution in [3.8, 4) is 17.2 Å². The molecule has 0 aliphatic carbocycles. The lowest BCUT2D eigenvalue weighted by atomic mass is 10.2. The summed E-state index contributed by atoms with van der Waals surface area (Å²) < 4.78 is 41.6. The molecule has 4 rings (SSSR count). The number of hydrogen-bond donors (Lipinski definition) is 1. The third-order valence-electron chi connectivity index (χ3n) is 6.20. The van der Waals surface area contributed by atoms with Crippen molar-refractivity contribution < 1.29 is 22.7 Å². The Kier molecular flexibility index (Phi) is 7.31. The van der Waals surface area contributed by atoms with Crippen LogP contribution in [-0.4, -0.2) is 45.0 Å². The van der Waals surface area contributed by atoms with Gasteiger partial charge < -0.3 is 14.8 Å². The van der Waals surface area contributed by atoms with Gasteiger partial charge in [0.2, 0.25) is 0 Å². The number of amides is 1. The molecule has 1 N–H and O–H groups in total. The molecule has 1 heterocycles. The topological polar surface area (TPSA) is 112 Å². The van der Waals surface area contributed by atoms with E-state index in [4.69, 9.17) is 9.47 Å². The molecular formula is C27H28N4O6S. The average Bonchev–Trinajstić information content (AvgIpc) is 3.15. The van der Waals surface area contributed by atoms with Crippen LogP contribution in [0.2, 0.25) is 0 Å². The summed E-state index contributed by atoms with van der Waals surface area (Å²) in [5.41, 5.74) is 1.13. The van der Waals surface area contributed by atoms with Crippen molar-refractivity contribution in [1.29, 1.82) is 0 Å². The number of methoxy groups -OCH3 is 2. The van der Waals surface area contributed by atoms with E-state index in [0.717, 1.165) is 4.31 Å². The normalized spacial score (nSPS) is 11.2. The van der Waals surface area contributed by atoms with Gasteiger partial charge in [-0.1, -0.05) is 24.3 Å². The highest BCUT2D eigenvalue weighted by Crippen LogP contribution is 2.27. The molecule has 4 aromatic rings. The van der Waals surface area contributed by atoms with Gasteiger partial charge in [-0.25, -0.2) is 13.1 Å². The number of anilines is 2. The smallest absolute Gasteiger partial charge is 0.296 e. The Morgan fingerprint density at radius 2 is 1.55 bits per heavy atom. The van der Waals surface area contributed by atoms with E-state index in [9.17, 15) is 18.0 Å². The molecule has 0 saturated heterocycles. The summed E-state index contributed by atoms with van der Waals surface area (Å²) in [4.78, 5) is 26.2. The number of nitrogens with one attached hydrogen (secondary N) is 1. The highest BCUT2D eigenvalue weighted by Gasteiger charge is 2.29. The van der Waals surface area contributed by atoms with Gasteiger partial charge >= 0.3 is 0 Å². The number of carbonyl (C=O) groups excluding carboxylic acids is 1. The second-order valence-corrected chi connectivity index (χ2v) is 10.4. The molecule has 3 aromatic carbocycles. The van der Waals surface area contributed by atoms with Crippen molar-refractivity contribution in [3.05, 3.63) is 94.4 Å². The quantitative estimate of drug-likeness (QED) is 0.369. The van der Waals surface area contributed by atoms with Crippen molar-refractivity contribution in [2.45, 2.75) is 11.8 Å². The van der Waals surface area contributed by atoms with Gasteiger partial charge in [0.15, 0.2) is 0 Å². The Bertz CT molecular complexity index is 1640. The van der Waals surface area contributed by atoms with E-state index < -0.39 is 21.5 Å². The minimum Gasteiger partial charge on any atom is -0.497 e. The first kappa shape index (κ1) is 26.6. The molecule has 0 aliphatic rings. The van der Waals surface area contributed by atoms with Gasteiger partial charge in [0.1, 0.15) is 17.2 Å². The fourth-order valence-electron chi connectivity index (χ4n) is 4.08. The SMILES string of the molecule is COc1cc(NC(=O)c2cccc(S(=O)(=O)N(C)c3c(C)n(C)n(-c4ccccc4)c3=O)c2)cc(OC)c1. The number of rotatable bonds is 8. The maximum absolute atomic E-state index is 13.6. The number of aromatic nitrogens is 2. The fourth-order valence-corrected chi connectivity index (χ4v) is 5.37. The summed E-state index contributed by atoms with van der Waals surface area (Å²) in [7, 11) is 1.81. The minimum absolute atomic E-state index is 0.00897. The fraction of sp³-hybridized carbons (Fsp3) is 0.185. The van der Waals surface area contributed by atoms with Crippen LogP contribution in [-0.2, 0) is 17.1 Å². The van der Waals surface area contributed by atoms with E-state index in [1.54, 1.807) is 61.1 Å². The molecule has 0 atom stereocenters. The van der Waals surface area contributed by atoms with Gasteiger partial charge in [-0.2, -0.15) is 0 Å². The average molecular weight is 537 g/mol. The van der Waals surface area contributed by atoms with Gasteiger partial charge in [0, 0.05) is 43.5 Å². The molecular weight excluding hydrogens is 508 g/mol. The number of hydrogen-bond acceptors (Lipinski definition) is 6. The highest BCUT2D eigenvalue weighted by atomic mass is 32.2. The summed E-state index contributed by atoms with van der Waals surface area (Å²) >= 11 is 0. The van der Waals surface area contributed by atoms with E-state index in [1.807, 2.05) is 6.07 Å². The number of carbonyl (C=O) groups is 1. The van der Waals surface area contributed by atoms with Crippen LogP contribution in [0.25, 0.3) is 5.69 Å². The first-order valence-electron chi connectivity index (χ1n) is 11.6. The van der Waals surface area contributed by atoms with E-state index in [2.05, 4.69) is 5.32 Å². The van der Waals surface area contributed by atoms with Gasteiger partial charge in [-0.05, 0) is 37.3 Å². The van der Waals surface area contributed by atoms with Gasteiger partial charge in [0.25, 0.3) is 21.5 Å². The van der Waals surface area contributed by atoms with Crippen LogP contribution in [0.3, 0.4) is 0 Å². The number of nitrogens with zero attached hydrogens (tertiary/aromatic N) is 3. The molecule has 11 heteroatoms. The molecule has 198 valence electrons. The molecule has 0 saturated carbocycles. The van der Waals surface area contributed by atoms with Crippen molar-refractivity contribution >= 4 is 27.3 Å². The highest BCUT2D eigenvalue weighted by molar-refractivity contribution is 7.92. The molecule has 0 bridgehead atoms. The van der Waals surface area contributed by atoms with E-state index >= 15 is 0 Å². The Morgan fingerprint density at radius 3 is 2.16 bits per heavy atom.